The molecule has 0 N–H and O–H groups in total. The van der Waals surface area contributed by atoms with Crippen LogP contribution in [0.25, 0.3) is 10.8 Å². The van der Waals surface area contributed by atoms with E-state index in [-0.39, 0.29) is 0 Å². The summed E-state index contributed by atoms with van der Waals surface area (Å²) >= 11 is 0. The highest BCUT2D eigenvalue weighted by Crippen LogP contribution is 2.16. The van der Waals surface area contributed by atoms with Crippen LogP contribution in [0.3, 0.4) is 0 Å². The Morgan fingerprint density at radius 3 is 2.43 bits per heavy atom. The van der Waals surface area contributed by atoms with Gasteiger partial charge in [0.1, 0.15) is 5.71 Å². The third kappa shape index (κ3) is 2.92. The van der Waals surface area contributed by atoms with Crippen LogP contribution in [0.5, 0.6) is 0 Å². The zero-order chi connectivity index (χ0) is 14.7. The van der Waals surface area contributed by atoms with Crippen LogP contribution in [0.15, 0.2) is 72.1 Å². The highest BCUT2D eigenvalue weighted by molar-refractivity contribution is 6.02. The molecule has 0 amide bonds. The molecular formula is C18H16N2O. The van der Waals surface area contributed by atoms with Crippen molar-refractivity contribution in [2.45, 2.75) is 13.5 Å². The smallest absolute Gasteiger partial charge is 0.190 e. The molecule has 3 heteroatoms. The lowest BCUT2D eigenvalue weighted by Gasteiger charge is -2.08. The zero-order valence-electron chi connectivity index (χ0n) is 11.9. The monoisotopic (exact) mass is 276 g/mol. The van der Waals surface area contributed by atoms with E-state index in [1.54, 1.807) is 0 Å². The van der Waals surface area contributed by atoms with Gasteiger partial charge >= 0.3 is 0 Å². The summed E-state index contributed by atoms with van der Waals surface area (Å²) in [5.74, 6) is 0. The third-order valence-electron chi connectivity index (χ3n) is 3.58. The average molecular weight is 276 g/mol. The first-order valence-electron chi connectivity index (χ1n) is 6.90. The summed E-state index contributed by atoms with van der Waals surface area (Å²) in [6, 6.07) is 18.1. The molecule has 3 nitrogen and oxygen atoms in total. The van der Waals surface area contributed by atoms with Crippen LogP contribution in [0.1, 0.15) is 11.1 Å². The highest BCUT2D eigenvalue weighted by Gasteiger charge is 2.09. The van der Waals surface area contributed by atoms with E-state index in [0.29, 0.717) is 12.3 Å². The Morgan fingerprint density at radius 2 is 1.71 bits per heavy atom. The molecule has 0 aliphatic heterocycles. The lowest BCUT2D eigenvalue weighted by molar-refractivity contribution is -0.681. The third-order valence-corrected chi connectivity index (χ3v) is 3.58. The summed E-state index contributed by atoms with van der Waals surface area (Å²) in [7, 11) is 0. The van der Waals surface area contributed by atoms with Crippen molar-refractivity contribution in [3.05, 3.63) is 83.3 Å². The topological polar surface area (TPSA) is 39.3 Å². The summed E-state index contributed by atoms with van der Waals surface area (Å²) < 4.78 is 1.96. The van der Waals surface area contributed by atoms with E-state index in [0.717, 1.165) is 16.3 Å². The normalized spacial score (nSPS) is 11.8. The standard InChI is InChI=1S/C18H16N2O/c1-14-8-10-20(11-9-14)13-18(19-21)17-7-6-15-4-2-3-5-16(15)12-17/h2-12H,13H2,1H3/b19-18-. The number of hydrogen-bond acceptors (Lipinski definition) is 2. The summed E-state index contributed by atoms with van der Waals surface area (Å²) in [6.45, 7) is 2.51. The van der Waals surface area contributed by atoms with Crippen molar-refractivity contribution < 1.29 is 4.57 Å². The van der Waals surface area contributed by atoms with E-state index in [9.17, 15) is 5.21 Å². The van der Waals surface area contributed by atoms with Crippen molar-refractivity contribution in [1.29, 1.82) is 0 Å². The molecule has 2 aromatic carbocycles. The second-order valence-corrected chi connectivity index (χ2v) is 5.15. The Kier molecular flexibility index (Phi) is 3.65. The van der Waals surface area contributed by atoms with Crippen molar-refractivity contribution in [3.63, 3.8) is 0 Å². The van der Waals surface area contributed by atoms with Gasteiger partial charge in [0, 0.05) is 17.7 Å². The SMILES string of the molecule is Cc1cc[n+](C/C(=N/[O-])c2ccc3ccccc3c2)cc1. The maximum absolute atomic E-state index is 11.2. The van der Waals surface area contributed by atoms with Gasteiger partial charge in [0.05, 0.1) is 0 Å². The number of aryl methyl sites for hydroxylation is 1. The molecule has 21 heavy (non-hydrogen) atoms. The fourth-order valence-electron chi connectivity index (χ4n) is 2.35. The van der Waals surface area contributed by atoms with Gasteiger partial charge in [-0.3, -0.25) is 0 Å². The molecule has 0 aliphatic rings. The number of benzene rings is 2. The van der Waals surface area contributed by atoms with Crippen molar-refractivity contribution in [2.24, 2.45) is 5.16 Å². The summed E-state index contributed by atoms with van der Waals surface area (Å²) in [5.41, 5.74) is 2.60. The van der Waals surface area contributed by atoms with Crippen LogP contribution in [0.2, 0.25) is 0 Å². The number of fused-ring (bicyclic) bond motifs is 1. The Bertz CT molecular complexity index is 792. The largest absolute Gasteiger partial charge is 0.792 e. The van der Waals surface area contributed by atoms with Crippen LogP contribution in [0, 0.1) is 12.1 Å². The lowest BCUT2D eigenvalue weighted by atomic mass is 10.0. The number of pyridine rings is 1. The Morgan fingerprint density at radius 1 is 1.00 bits per heavy atom. The summed E-state index contributed by atoms with van der Waals surface area (Å²) in [4.78, 5) is 0. The minimum absolute atomic E-state index is 0.474. The van der Waals surface area contributed by atoms with E-state index in [1.165, 1.54) is 5.56 Å². The van der Waals surface area contributed by atoms with E-state index >= 15 is 0 Å². The van der Waals surface area contributed by atoms with Crippen LogP contribution >= 0.6 is 0 Å². The fraction of sp³-hybridized carbons (Fsp3) is 0.111. The molecule has 1 heterocycles. The van der Waals surface area contributed by atoms with Crippen LogP contribution < -0.4 is 4.57 Å². The summed E-state index contributed by atoms with van der Waals surface area (Å²) in [5, 5.41) is 16.7. The van der Waals surface area contributed by atoms with Gasteiger partial charge in [0.25, 0.3) is 0 Å². The zero-order valence-corrected chi connectivity index (χ0v) is 11.9. The molecule has 3 aromatic rings. The van der Waals surface area contributed by atoms with Gasteiger partial charge in [-0.2, -0.15) is 4.57 Å². The van der Waals surface area contributed by atoms with Crippen molar-refractivity contribution in [2.75, 3.05) is 0 Å². The van der Waals surface area contributed by atoms with Gasteiger partial charge in [-0.05, 0) is 29.3 Å². The van der Waals surface area contributed by atoms with Gasteiger partial charge < -0.3 is 10.4 Å². The maximum Gasteiger partial charge on any atom is 0.190 e. The Labute approximate surface area is 123 Å². The molecule has 0 fully saturated rings. The fourth-order valence-corrected chi connectivity index (χ4v) is 2.35. The Balaban J connectivity index is 1.93. The predicted molar refractivity (Wildman–Crippen MR) is 85.2 cm³/mol. The molecule has 0 unspecified atom stereocenters. The number of aromatic nitrogens is 1. The van der Waals surface area contributed by atoms with Gasteiger partial charge in [-0.25, -0.2) is 0 Å². The summed E-state index contributed by atoms with van der Waals surface area (Å²) in [6.07, 6.45) is 3.92. The van der Waals surface area contributed by atoms with E-state index in [2.05, 4.69) is 11.2 Å². The number of rotatable bonds is 3. The molecule has 3 rings (SSSR count). The first-order valence-corrected chi connectivity index (χ1v) is 6.90. The molecule has 104 valence electrons. The highest BCUT2D eigenvalue weighted by atomic mass is 16.4. The number of nitrogens with zero attached hydrogens (tertiary/aromatic N) is 2. The predicted octanol–water partition coefficient (Wildman–Crippen LogP) is 3.42. The lowest BCUT2D eigenvalue weighted by Crippen LogP contribution is -2.37. The van der Waals surface area contributed by atoms with Gasteiger partial charge in [0.2, 0.25) is 0 Å². The minimum Gasteiger partial charge on any atom is -0.792 e. The molecular weight excluding hydrogens is 260 g/mol. The van der Waals surface area contributed by atoms with Gasteiger partial charge in [-0.15, -0.1) is 0 Å². The van der Waals surface area contributed by atoms with Crippen LogP contribution in [-0.4, -0.2) is 5.71 Å². The van der Waals surface area contributed by atoms with E-state index in [4.69, 9.17) is 0 Å². The van der Waals surface area contributed by atoms with Gasteiger partial charge in [-0.1, -0.05) is 36.4 Å². The molecule has 0 bridgehead atoms. The molecule has 0 spiro atoms. The quantitative estimate of drug-likeness (QED) is 0.410. The van der Waals surface area contributed by atoms with Crippen molar-refractivity contribution >= 4 is 16.5 Å². The molecule has 0 aliphatic carbocycles. The second-order valence-electron chi connectivity index (χ2n) is 5.15. The van der Waals surface area contributed by atoms with Crippen LogP contribution in [0.4, 0.5) is 0 Å². The van der Waals surface area contributed by atoms with E-state index in [1.807, 2.05) is 72.4 Å². The first kappa shape index (κ1) is 13.3. The second kappa shape index (κ2) is 5.75. The molecule has 0 saturated heterocycles. The molecule has 0 saturated carbocycles. The molecule has 0 atom stereocenters. The average Bonchev–Trinajstić information content (AvgIpc) is 2.54. The van der Waals surface area contributed by atoms with Crippen molar-refractivity contribution in [1.82, 2.24) is 0 Å². The maximum atomic E-state index is 11.2. The van der Waals surface area contributed by atoms with Gasteiger partial charge in [0.15, 0.2) is 18.9 Å². The minimum atomic E-state index is 0.474. The molecule has 0 radical (unpaired) electrons. The Hall–Kier alpha value is -2.68. The molecule has 1 aromatic heterocycles. The first-order chi connectivity index (χ1) is 10.3. The van der Waals surface area contributed by atoms with Crippen molar-refractivity contribution in [3.8, 4) is 0 Å². The van der Waals surface area contributed by atoms with E-state index < -0.39 is 0 Å². The van der Waals surface area contributed by atoms with Crippen LogP contribution in [-0.2, 0) is 6.54 Å². The number of hydrogen-bond donors (Lipinski definition) is 0.